The van der Waals surface area contributed by atoms with E-state index in [-0.39, 0.29) is 0 Å². The molecule has 0 radical (unpaired) electrons. The average Bonchev–Trinajstić information content (AvgIpc) is 2.17. The summed E-state index contributed by atoms with van der Waals surface area (Å²) < 4.78 is 0. The van der Waals surface area contributed by atoms with Gasteiger partial charge in [0.1, 0.15) is 0 Å². The summed E-state index contributed by atoms with van der Waals surface area (Å²) in [5.41, 5.74) is 2.26. The molecule has 0 spiro atoms. The first-order valence-corrected chi connectivity index (χ1v) is 5.53. The summed E-state index contributed by atoms with van der Waals surface area (Å²) >= 11 is 0. The molecule has 0 aliphatic rings. The minimum Gasteiger partial charge on any atom is -0.384 e. The van der Waals surface area contributed by atoms with E-state index in [4.69, 9.17) is 0 Å². The van der Waals surface area contributed by atoms with Crippen molar-refractivity contribution in [1.82, 2.24) is 4.98 Å². The molecule has 1 aromatic heterocycles. The zero-order valence-corrected chi connectivity index (χ0v) is 10.1. The maximum atomic E-state index is 4.23. The zero-order valence-electron chi connectivity index (χ0n) is 10.1. The molecule has 0 aromatic carbocycles. The summed E-state index contributed by atoms with van der Waals surface area (Å²) in [5.74, 6) is 0.665. The predicted octanol–water partition coefficient (Wildman–Crippen LogP) is 2.61. The topological polar surface area (TPSA) is 28.2 Å². The first-order chi connectivity index (χ1) is 7.13. The largest absolute Gasteiger partial charge is 0.384 e. The van der Waals surface area contributed by atoms with E-state index in [1.165, 1.54) is 5.69 Å². The van der Waals surface area contributed by atoms with Gasteiger partial charge in [0.05, 0.1) is 23.8 Å². The summed E-state index contributed by atoms with van der Waals surface area (Å²) in [5, 5.41) is 3.27. The fourth-order valence-electron chi connectivity index (χ4n) is 1.59. The molecule has 84 valence electrons. The zero-order chi connectivity index (χ0) is 11.3. The van der Waals surface area contributed by atoms with E-state index in [0.29, 0.717) is 5.92 Å². The lowest BCUT2D eigenvalue weighted by Gasteiger charge is -2.21. The molecule has 0 amide bonds. The molecule has 3 heteroatoms. The Hall–Kier alpha value is -1.25. The average molecular weight is 207 g/mol. The van der Waals surface area contributed by atoms with Crippen LogP contribution >= 0.6 is 0 Å². The molecule has 15 heavy (non-hydrogen) atoms. The van der Waals surface area contributed by atoms with Gasteiger partial charge in [-0.15, -0.1) is 0 Å². The molecule has 0 atom stereocenters. The number of anilines is 2. The summed E-state index contributed by atoms with van der Waals surface area (Å²) in [4.78, 5) is 6.46. The lowest BCUT2D eigenvalue weighted by molar-refractivity contribution is 0.638. The van der Waals surface area contributed by atoms with Gasteiger partial charge in [0.15, 0.2) is 0 Å². The van der Waals surface area contributed by atoms with Gasteiger partial charge in [-0.1, -0.05) is 13.8 Å². The van der Waals surface area contributed by atoms with Crippen LogP contribution in [0.1, 0.15) is 20.8 Å². The van der Waals surface area contributed by atoms with Crippen molar-refractivity contribution in [2.24, 2.45) is 5.92 Å². The molecular formula is C12H21N3. The lowest BCUT2D eigenvalue weighted by Crippen LogP contribution is -2.22. The molecule has 1 heterocycles. The van der Waals surface area contributed by atoms with E-state index in [1.807, 2.05) is 12.4 Å². The highest BCUT2D eigenvalue weighted by molar-refractivity contribution is 5.55. The molecule has 0 unspecified atom stereocenters. The first-order valence-electron chi connectivity index (χ1n) is 5.53. The Bertz CT molecular complexity index is 297. The van der Waals surface area contributed by atoms with Crippen LogP contribution in [0.15, 0.2) is 18.5 Å². The molecule has 0 aliphatic heterocycles. The molecule has 1 N–H and O–H groups in total. The fraction of sp³-hybridized carbons (Fsp3) is 0.583. The monoisotopic (exact) mass is 207 g/mol. The van der Waals surface area contributed by atoms with E-state index in [9.17, 15) is 0 Å². The predicted molar refractivity (Wildman–Crippen MR) is 66.5 cm³/mol. The van der Waals surface area contributed by atoms with E-state index in [1.54, 1.807) is 0 Å². The summed E-state index contributed by atoms with van der Waals surface area (Å²) in [6, 6.07) is 2.14. The van der Waals surface area contributed by atoms with E-state index in [0.717, 1.165) is 18.8 Å². The Balaban J connectivity index is 2.71. The van der Waals surface area contributed by atoms with Crippen LogP contribution in [0.4, 0.5) is 11.4 Å². The Kier molecular flexibility index (Phi) is 4.40. The SMILES string of the molecule is CCNc1cncc(N(C)CC(C)C)c1. The third kappa shape index (κ3) is 3.78. The van der Waals surface area contributed by atoms with Gasteiger partial charge in [0.2, 0.25) is 0 Å². The normalized spacial score (nSPS) is 10.5. The summed E-state index contributed by atoms with van der Waals surface area (Å²) in [6.45, 7) is 8.51. The number of rotatable bonds is 5. The second-order valence-corrected chi connectivity index (χ2v) is 4.24. The Labute approximate surface area is 92.5 Å². The van der Waals surface area contributed by atoms with Crippen molar-refractivity contribution in [3.63, 3.8) is 0 Å². The third-order valence-electron chi connectivity index (χ3n) is 2.18. The second-order valence-electron chi connectivity index (χ2n) is 4.24. The molecular weight excluding hydrogens is 186 g/mol. The summed E-state index contributed by atoms with van der Waals surface area (Å²) in [7, 11) is 2.10. The number of aromatic nitrogens is 1. The van der Waals surface area contributed by atoms with Crippen LogP contribution in [0, 0.1) is 5.92 Å². The molecule has 1 aromatic rings. The van der Waals surface area contributed by atoms with Gasteiger partial charge in [-0.05, 0) is 18.9 Å². The minimum atomic E-state index is 0.665. The Morgan fingerprint density at radius 1 is 1.40 bits per heavy atom. The van der Waals surface area contributed by atoms with Crippen LogP contribution in [0.2, 0.25) is 0 Å². The standard InChI is InChI=1S/C12H21N3/c1-5-14-11-6-12(8-13-7-11)15(4)9-10(2)3/h6-8,10,14H,5,9H2,1-4H3. The molecule has 3 nitrogen and oxygen atoms in total. The van der Waals surface area contributed by atoms with Crippen molar-refractivity contribution in [2.75, 3.05) is 30.4 Å². The lowest BCUT2D eigenvalue weighted by atomic mass is 10.2. The van der Waals surface area contributed by atoms with Crippen LogP contribution in [0.3, 0.4) is 0 Å². The second kappa shape index (κ2) is 5.59. The number of pyridine rings is 1. The highest BCUT2D eigenvalue weighted by atomic mass is 15.1. The van der Waals surface area contributed by atoms with Gasteiger partial charge >= 0.3 is 0 Å². The van der Waals surface area contributed by atoms with Crippen molar-refractivity contribution >= 4 is 11.4 Å². The molecule has 1 rings (SSSR count). The Morgan fingerprint density at radius 2 is 2.13 bits per heavy atom. The number of nitrogens with one attached hydrogen (secondary N) is 1. The number of hydrogen-bond donors (Lipinski definition) is 1. The van der Waals surface area contributed by atoms with Crippen LogP contribution in [-0.2, 0) is 0 Å². The van der Waals surface area contributed by atoms with Gasteiger partial charge in [-0.25, -0.2) is 0 Å². The fourth-order valence-corrected chi connectivity index (χ4v) is 1.59. The van der Waals surface area contributed by atoms with Crippen molar-refractivity contribution in [3.05, 3.63) is 18.5 Å². The minimum absolute atomic E-state index is 0.665. The van der Waals surface area contributed by atoms with Crippen LogP contribution in [0.25, 0.3) is 0 Å². The highest BCUT2D eigenvalue weighted by Gasteiger charge is 2.04. The van der Waals surface area contributed by atoms with Gasteiger partial charge in [0, 0.05) is 20.1 Å². The number of nitrogens with zero attached hydrogens (tertiary/aromatic N) is 2. The molecule has 0 fully saturated rings. The maximum Gasteiger partial charge on any atom is 0.0570 e. The molecule has 0 bridgehead atoms. The van der Waals surface area contributed by atoms with Crippen molar-refractivity contribution in [1.29, 1.82) is 0 Å². The smallest absolute Gasteiger partial charge is 0.0570 e. The van der Waals surface area contributed by atoms with Gasteiger partial charge in [0.25, 0.3) is 0 Å². The highest BCUT2D eigenvalue weighted by Crippen LogP contribution is 2.17. The van der Waals surface area contributed by atoms with Crippen LogP contribution in [0.5, 0.6) is 0 Å². The quantitative estimate of drug-likeness (QED) is 0.804. The molecule has 0 saturated heterocycles. The van der Waals surface area contributed by atoms with Crippen molar-refractivity contribution in [3.8, 4) is 0 Å². The van der Waals surface area contributed by atoms with E-state index >= 15 is 0 Å². The van der Waals surface area contributed by atoms with Gasteiger partial charge < -0.3 is 10.2 Å². The molecule has 0 aliphatic carbocycles. The van der Waals surface area contributed by atoms with Crippen LogP contribution < -0.4 is 10.2 Å². The van der Waals surface area contributed by atoms with Crippen LogP contribution in [-0.4, -0.2) is 25.1 Å². The van der Waals surface area contributed by atoms with Crippen molar-refractivity contribution in [2.45, 2.75) is 20.8 Å². The summed E-state index contributed by atoms with van der Waals surface area (Å²) in [6.07, 6.45) is 3.76. The third-order valence-corrected chi connectivity index (χ3v) is 2.18. The van der Waals surface area contributed by atoms with E-state index < -0.39 is 0 Å². The Morgan fingerprint density at radius 3 is 2.73 bits per heavy atom. The van der Waals surface area contributed by atoms with Crippen molar-refractivity contribution < 1.29 is 0 Å². The first kappa shape index (κ1) is 11.8. The number of hydrogen-bond acceptors (Lipinski definition) is 3. The molecule has 0 saturated carbocycles. The maximum absolute atomic E-state index is 4.23. The van der Waals surface area contributed by atoms with Gasteiger partial charge in [-0.2, -0.15) is 0 Å². The van der Waals surface area contributed by atoms with Gasteiger partial charge in [-0.3, -0.25) is 4.98 Å². The van der Waals surface area contributed by atoms with E-state index in [2.05, 4.69) is 49.1 Å².